The SMILES string of the molecule is CCNC1=CC1CCNC(=O)CCC(=O)NCC(=O)NC/C=C/CC(NC(=O)CC)C(=O)OCC. The number of amides is 4. The van der Waals surface area contributed by atoms with E-state index in [1.165, 1.54) is 5.70 Å². The molecule has 0 aromatic heterocycles. The summed E-state index contributed by atoms with van der Waals surface area (Å²) in [4.78, 5) is 59.0. The maximum absolute atomic E-state index is 11.9. The van der Waals surface area contributed by atoms with Crippen LogP contribution in [0.2, 0.25) is 0 Å². The Bertz CT molecular complexity index is 795. The fourth-order valence-electron chi connectivity index (χ4n) is 3.06. The molecule has 0 radical (unpaired) electrons. The van der Waals surface area contributed by atoms with Crippen molar-refractivity contribution in [3.63, 3.8) is 0 Å². The minimum Gasteiger partial charge on any atom is -0.464 e. The first kappa shape index (κ1) is 29.7. The molecule has 11 heteroatoms. The molecule has 2 atom stereocenters. The van der Waals surface area contributed by atoms with E-state index < -0.39 is 12.0 Å². The van der Waals surface area contributed by atoms with Crippen molar-refractivity contribution >= 4 is 29.6 Å². The zero-order valence-corrected chi connectivity index (χ0v) is 20.9. The molecule has 0 bridgehead atoms. The molecule has 0 spiro atoms. The van der Waals surface area contributed by atoms with Gasteiger partial charge in [0.15, 0.2) is 0 Å². The van der Waals surface area contributed by atoms with Crippen LogP contribution in [0.3, 0.4) is 0 Å². The van der Waals surface area contributed by atoms with E-state index in [-0.39, 0.29) is 69.0 Å². The molecule has 0 fully saturated rings. The molecule has 2 unspecified atom stereocenters. The molecule has 0 heterocycles. The molecule has 1 aliphatic carbocycles. The van der Waals surface area contributed by atoms with Crippen molar-refractivity contribution in [3.05, 3.63) is 23.9 Å². The van der Waals surface area contributed by atoms with E-state index in [0.29, 0.717) is 12.5 Å². The lowest BCUT2D eigenvalue weighted by molar-refractivity contribution is -0.147. The second-order valence-electron chi connectivity index (χ2n) is 7.91. The van der Waals surface area contributed by atoms with Crippen LogP contribution in [-0.4, -0.2) is 68.4 Å². The van der Waals surface area contributed by atoms with Crippen molar-refractivity contribution in [1.82, 2.24) is 26.6 Å². The van der Waals surface area contributed by atoms with E-state index in [0.717, 1.165) is 13.0 Å². The quantitative estimate of drug-likeness (QED) is 0.133. The Morgan fingerprint density at radius 3 is 2.31 bits per heavy atom. The summed E-state index contributed by atoms with van der Waals surface area (Å²) in [5.74, 6) is -1.33. The predicted molar refractivity (Wildman–Crippen MR) is 131 cm³/mol. The molecule has 1 aliphatic rings. The van der Waals surface area contributed by atoms with Gasteiger partial charge in [-0.3, -0.25) is 19.2 Å². The first-order valence-corrected chi connectivity index (χ1v) is 12.2. The van der Waals surface area contributed by atoms with Gasteiger partial charge >= 0.3 is 5.97 Å². The third-order valence-electron chi connectivity index (χ3n) is 5.04. The van der Waals surface area contributed by atoms with Crippen LogP contribution in [0.4, 0.5) is 0 Å². The normalized spacial score (nSPS) is 14.9. The first-order valence-electron chi connectivity index (χ1n) is 12.2. The topological polar surface area (TPSA) is 155 Å². The summed E-state index contributed by atoms with van der Waals surface area (Å²) in [5.41, 5.74) is 1.22. The lowest BCUT2D eigenvalue weighted by Gasteiger charge is -2.15. The van der Waals surface area contributed by atoms with Crippen molar-refractivity contribution in [2.75, 3.05) is 32.8 Å². The third kappa shape index (κ3) is 13.8. The van der Waals surface area contributed by atoms with Crippen LogP contribution in [0.1, 0.15) is 52.9 Å². The second-order valence-corrected chi connectivity index (χ2v) is 7.91. The summed E-state index contributed by atoms with van der Waals surface area (Å²) in [5, 5.41) is 13.7. The summed E-state index contributed by atoms with van der Waals surface area (Å²) >= 11 is 0. The van der Waals surface area contributed by atoms with E-state index in [9.17, 15) is 24.0 Å². The van der Waals surface area contributed by atoms with E-state index in [4.69, 9.17) is 4.74 Å². The van der Waals surface area contributed by atoms with Crippen LogP contribution in [0, 0.1) is 5.92 Å². The summed E-state index contributed by atoms with van der Waals surface area (Å²) in [6, 6.07) is -0.785. The average Bonchev–Trinajstić information content (AvgIpc) is 3.58. The van der Waals surface area contributed by atoms with Gasteiger partial charge in [0.25, 0.3) is 0 Å². The molecule has 0 aliphatic heterocycles. The highest BCUT2D eigenvalue weighted by Gasteiger charge is 2.23. The average molecular weight is 494 g/mol. The van der Waals surface area contributed by atoms with Gasteiger partial charge in [-0.15, -0.1) is 0 Å². The maximum Gasteiger partial charge on any atom is 0.328 e. The van der Waals surface area contributed by atoms with Gasteiger partial charge in [-0.05, 0) is 26.7 Å². The highest BCUT2D eigenvalue weighted by Crippen LogP contribution is 2.28. The zero-order chi connectivity index (χ0) is 26.1. The van der Waals surface area contributed by atoms with Crippen molar-refractivity contribution in [3.8, 4) is 0 Å². The van der Waals surface area contributed by atoms with Gasteiger partial charge in [0.2, 0.25) is 23.6 Å². The van der Waals surface area contributed by atoms with Gasteiger partial charge in [-0.1, -0.05) is 25.2 Å². The molecule has 0 saturated heterocycles. The van der Waals surface area contributed by atoms with Crippen LogP contribution in [0.25, 0.3) is 0 Å². The van der Waals surface area contributed by atoms with E-state index in [1.54, 1.807) is 26.0 Å². The lowest BCUT2D eigenvalue weighted by Crippen LogP contribution is -2.41. The van der Waals surface area contributed by atoms with Gasteiger partial charge in [0.05, 0.1) is 13.2 Å². The molecule has 4 amide bonds. The minimum absolute atomic E-state index is 0.00205. The summed E-state index contributed by atoms with van der Waals surface area (Å²) in [7, 11) is 0. The molecule has 0 saturated carbocycles. The molecule has 5 N–H and O–H groups in total. The molecule has 0 aromatic rings. The number of hydrogen-bond acceptors (Lipinski definition) is 7. The molecule has 35 heavy (non-hydrogen) atoms. The third-order valence-corrected chi connectivity index (χ3v) is 5.04. The second kappa shape index (κ2) is 17.1. The number of rotatable bonds is 18. The zero-order valence-electron chi connectivity index (χ0n) is 20.9. The Morgan fingerprint density at radius 1 is 0.943 bits per heavy atom. The Morgan fingerprint density at radius 2 is 1.66 bits per heavy atom. The Hall–Kier alpha value is -3.37. The molecule has 196 valence electrons. The van der Waals surface area contributed by atoms with Crippen LogP contribution in [-0.2, 0) is 28.7 Å². The monoisotopic (exact) mass is 493 g/mol. The fraction of sp³-hybridized carbons (Fsp3) is 0.625. The van der Waals surface area contributed by atoms with Gasteiger partial charge in [-0.25, -0.2) is 4.79 Å². The maximum atomic E-state index is 11.9. The van der Waals surface area contributed by atoms with Crippen molar-refractivity contribution in [2.24, 2.45) is 5.92 Å². The van der Waals surface area contributed by atoms with Crippen LogP contribution >= 0.6 is 0 Å². The minimum atomic E-state index is -0.785. The molecule has 1 rings (SSSR count). The number of ether oxygens (including phenoxy) is 1. The standard InChI is InChI=1S/C24H39N5O6/c1-4-20(30)29-18(24(34)35-6-3)9-7-8-13-26-23(33)16-28-22(32)11-10-21(31)27-14-12-17-15-19(17)25-5-2/h7-8,15,17-18,25H,4-6,9-14,16H2,1-3H3,(H,26,33)(H,27,31)(H,28,32)(H,29,30)/b8-7+. The largest absolute Gasteiger partial charge is 0.464 e. The first-order chi connectivity index (χ1) is 16.8. The van der Waals surface area contributed by atoms with Crippen molar-refractivity contribution in [2.45, 2.75) is 58.9 Å². The number of allylic oxidation sites excluding steroid dienone is 2. The number of nitrogens with one attached hydrogen (secondary N) is 5. The number of carbonyl (C=O) groups excluding carboxylic acids is 5. The summed E-state index contributed by atoms with van der Waals surface area (Å²) in [6.45, 7) is 7.05. The Labute approximate surface area is 206 Å². The number of hydrogen-bond donors (Lipinski definition) is 5. The predicted octanol–water partition coefficient (Wildman–Crippen LogP) is 0.0327. The van der Waals surface area contributed by atoms with Crippen molar-refractivity contribution < 1.29 is 28.7 Å². The molecule has 0 aromatic carbocycles. The van der Waals surface area contributed by atoms with Gasteiger partial charge in [0, 0.05) is 50.5 Å². The van der Waals surface area contributed by atoms with Crippen LogP contribution in [0.5, 0.6) is 0 Å². The summed E-state index contributed by atoms with van der Waals surface area (Å²) in [6.07, 6.45) is 6.81. The van der Waals surface area contributed by atoms with Crippen molar-refractivity contribution in [1.29, 1.82) is 0 Å². The fourth-order valence-corrected chi connectivity index (χ4v) is 3.06. The van der Waals surface area contributed by atoms with Crippen LogP contribution in [0.15, 0.2) is 23.9 Å². The smallest absolute Gasteiger partial charge is 0.328 e. The van der Waals surface area contributed by atoms with Gasteiger partial charge in [0.1, 0.15) is 6.04 Å². The van der Waals surface area contributed by atoms with Gasteiger partial charge in [-0.2, -0.15) is 0 Å². The molecular formula is C24H39N5O6. The van der Waals surface area contributed by atoms with Crippen LogP contribution < -0.4 is 26.6 Å². The Kier molecular flexibility index (Phi) is 14.5. The summed E-state index contributed by atoms with van der Waals surface area (Å²) < 4.78 is 4.95. The molecule has 11 nitrogen and oxygen atoms in total. The number of esters is 1. The van der Waals surface area contributed by atoms with E-state index in [2.05, 4.69) is 32.7 Å². The Balaban J connectivity index is 2.14. The lowest BCUT2D eigenvalue weighted by atomic mass is 10.2. The highest BCUT2D eigenvalue weighted by molar-refractivity contribution is 5.87. The number of carbonyl (C=O) groups is 5. The van der Waals surface area contributed by atoms with E-state index >= 15 is 0 Å². The van der Waals surface area contributed by atoms with Gasteiger partial charge < -0.3 is 31.3 Å². The highest BCUT2D eigenvalue weighted by atomic mass is 16.5. The van der Waals surface area contributed by atoms with E-state index in [1.807, 2.05) is 6.92 Å². The molecular weight excluding hydrogens is 454 g/mol.